The van der Waals surface area contributed by atoms with Crippen LogP contribution >= 0.6 is 22.9 Å². The fraction of sp³-hybridized carbons (Fsp3) is 0.138. The zero-order chi connectivity index (χ0) is 27.4. The van der Waals surface area contributed by atoms with Crippen LogP contribution in [0.15, 0.2) is 76.4 Å². The number of aliphatic hydroxyl groups is 1. The monoisotopic (exact) mass is 560 g/mol. The molecular weight excluding hydrogens is 540 g/mol. The number of aromatic hydroxyl groups is 1. The molecule has 0 bridgehead atoms. The number of carbonyl (C=O) groups is 2. The SMILES string of the molecule is CCc1ccc2nc(N3C(=O)C(O)=C(C(=O)c4cc5cc(Cl)cc(OC)c5o4)C3c3ccc(O)cc3)sc2c1. The molecular formula is C29H21ClN2O6S. The van der Waals surface area contributed by atoms with Crippen LogP contribution in [0.25, 0.3) is 21.2 Å². The lowest BCUT2D eigenvalue weighted by Gasteiger charge is -2.24. The molecule has 6 rings (SSSR count). The van der Waals surface area contributed by atoms with E-state index in [1.54, 1.807) is 24.3 Å². The third kappa shape index (κ3) is 4.10. The van der Waals surface area contributed by atoms with Crippen molar-refractivity contribution in [2.24, 2.45) is 0 Å². The Morgan fingerprint density at radius 1 is 1.13 bits per heavy atom. The van der Waals surface area contributed by atoms with Crippen molar-refractivity contribution in [3.63, 3.8) is 0 Å². The Morgan fingerprint density at radius 2 is 1.90 bits per heavy atom. The Kier molecular flexibility index (Phi) is 6.05. The van der Waals surface area contributed by atoms with Crippen molar-refractivity contribution in [3.8, 4) is 11.5 Å². The zero-order valence-corrected chi connectivity index (χ0v) is 22.3. The van der Waals surface area contributed by atoms with E-state index in [4.69, 9.17) is 20.8 Å². The first-order chi connectivity index (χ1) is 18.8. The first-order valence-corrected chi connectivity index (χ1v) is 13.2. The van der Waals surface area contributed by atoms with Crippen LogP contribution in [0.4, 0.5) is 5.13 Å². The van der Waals surface area contributed by atoms with Crippen LogP contribution in [0, 0.1) is 0 Å². The van der Waals surface area contributed by atoms with E-state index in [9.17, 15) is 19.8 Å². The molecule has 1 amide bonds. The summed E-state index contributed by atoms with van der Waals surface area (Å²) in [6.45, 7) is 2.05. The Labute approximate surface area is 231 Å². The molecule has 1 atom stereocenters. The van der Waals surface area contributed by atoms with E-state index in [0.29, 0.717) is 38.0 Å². The number of halogens is 1. The van der Waals surface area contributed by atoms with Crippen LogP contribution in [0.5, 0.6) is 11.5 Å². The first kappa shape index (κ1) is 25.0. The van der Waals surface area contributed by atoms with E-state index in [1.165, 1.54) is 41.5 Å². The number of aliphatic hydroxyl groups excluding tert-OH is 1. The molecule has 1 aliphatic rings. The number of furan rings is 1. The summed E-state index contributed by atoms with van der Waals surface area (Å²) in [6.07, 6.45) is 0.844. The summed E-state index contributed by atoms with van der Waals surface area (Å²) >= 11 is 7.47. The summed E-state index contributed by atoms with van der Waals surface area (Å²) in [5, 5.41) is 22.2. The average molecular weight is 561 g/mol. The number of phenolic OH excluding ortho intramolecular Hbond substituents is 1. The number of hydrogen-bond acceptors (Lipinski definition) is 8. The van der Waals surface area contributed by atoms with E-state index in [0.717, 1.165) is 16.7 Å². The Hall–Kier alpha value is -4.34. The van der Waals surface area contributed by atoms with Crippen LogP contribution in [0.3, 0.4) is 0 Å². The molecule has 3 heterocycles. The Bertz CT molecular complexity index is 1820. The number of hydrogen-bond donors (Lipinski definition) is 2. The Balaban J connectivity index is 1.50. The number of methoxy groups -OCH3 is 1. The number of Topliss-reactive ketones (excluding diaryl/α,β-unsaturated/α-hetero) is 1. The zero-order valence-electron chi connectivity index (χ0n) is 20.8. The van der Waals surface area contributed by atoms with Crippen LogP contribution in [-0.4, -0.2) is 34.0 Å². The minimum absolute atomic E-state index is 0.0176. The minimum Gasteiger partial charge on any atom is -0.508 e. The molecule has 0 aliphatic carbocycles. The average Bonchev–Trinajstić information content (AvgIpc) is 3.62. The smallest absolute Gasteiger partial charge is 0.296 e. The maximum Gasteiger partial charge on any atom is 0.296 e. The van der Waals surface area contributed by atoms with Crippen molar-refractivity contribution in [1.82, 2.24) is 4.98 Å². The summed E-state index contributed by atoms with van der Waals surface area (Å²) in [7, 11) is 1.46. The summed E-state index contributed by atoms with van der Waals surface area (Å²) in [5.74, 6) is -1.87. The molecule has 0 spiro atoms. The van der Waals surface area contributed by atoms with Crippen LogP contribution < -0.4 is 9.64 Å². The second-order valence-electron chi connectivity index (χ2n) is 9.05. The molecule has 1 unspecified atom stereocenters. The third-order valence-electron chi connectivity index (χ3n) is 6.71. The molecule has 0 saturated carbocycles. The number of anilines is 1. The van der Waals surface area contributed by atoms with Crippen LogP contribution in [-0.2, 0) is 11.2 Å². The van der Waals surface area contributed by atoms with Gasteiger partial charge in [-0.3, -0.25) is 14.5 Å². The number of aromatic nitrogens is 1. The molecule has 2 aromatic heterocycles. The standard InChI is InChI=1S/C29H21ClN2O6S/c1-3-14-4-9-19-22(10-14)39-29(31-19)32-24(15-5-7-18(33)8-6-15)23(26(35)28(32)36)25(34)20-12-16-11-17(30)13-21(37-2)27(16)38-20/h4-13,24,33,35H,3H2,1-2H3. The molecule has 0 fully saturated rings. The van der Waals surface area contributed by atoms with Crippen molar-refractivity contribution in [3.05, 3.63) is 93.9 Å². The minimum atomic E-state index is -1.02. The summed E-state index contributed by atoms with van der Waals surface area (Å²) in [4.78, 5) is 33.4. The molecule has 0 radical (unpaired) electrons. The maximum absolute atomic E-state index is 13.9. The van der Waals surface area contributed by atoms with E-state index >= 15 is 0 Å². The van der Waals surface area contributed by atoms with E-state index in [2.05, 4.69) is 11.9 Å². The van der Waals surface area contributed by atoms with Gasteiger partial charge in [0.15, 0.2) is 28.0 Å². The lowest BCUT2D eigenvalue weighted by atomic mass is 9.95. The summed E-state index contributed by atoms with van der Waals surface area (Å²) in [6, 6.07) is 15.6. The van der Waals surface area contributed by atoms with Crippen molar-refractivity contribution >= 4 is 60.9 Å². The largest absolute Gasteiger partial charge is 0.508 e. The quantitative estimate of drug-likeness (QED) is 0.221. The van der Waals surface area contributed by atoms with E-state index in [1.807, 2.05) is 18.2 Å². The second-order valence-corrected chi connectivity index (χ2v) is 10.5. The lowest BCUT2D eigenvalue weighted by molar-refractivity contribution is -0.117. The molecule has 8 nitrogen and oxygen atoms in total. The number of aryl methyl sites for hydroxylation is 1. The fourth-order valence-electron chi connectivity index (χ4n) is 4.77. The summed E-state index contributed by atoms with van der Waals surface area (Å²) < 4.78 is 12.1. The number of nitrogens with zero attached hydrogens (tertiary/aromatic N) is 2. The fourth-order valence-corrected chi connectivity index (χ4v) is 6.04. The molecule has 3 aromatic carbocycles. The van der Waals surface area contributed by atoms with Gasteiger partial charge in [-0.1, -0.05) is 48.1 Å². The number of phenols is 1. The second kappa shape index (κ2) is 9.44. The normalized spacial score (nSPS) is 15.6. The number of amides is 1. The molecule has 1 aliphatic heterocycles. The highest BCUT2D eigenvalue weighted by Crippen LogP contribution is 2.45. The van der Waals surface area contributed by atoms with Gasteiger partial charge in [0.1, 0.15) is 5.75 Å². The molecule has 0 saturated heterocycles. The number of carbonyl (C=O) groups excluding carboxylic acids is 2. The van der Waals surface area contributed by atoms with Gasteiger partial charge in [0.2, 0.25) is 5.78 Å². The highest BCUT2D eigenvalue weighted by molar-refractivity contribution is 7.22. The number of ketones is 1. The van der Waals surface area contributed by atoms with E-state index in [-0.39, 0.29) is 17.1 Å². The van der Waals surface area contributed by atoms with Gasteiger partial charge in [0, 0.05) is 16.5 Å². The third-order valence-corrected chi connectivity index (χ3v) is 7.94. The van der Waals surface area contributed by atoms with Gasteiger partial charge in [0.05, 0.1) is 28.9 Å². The molecule has 10 heteroatoms. The summed E-state index contributed by atoms with van der Waals surface area (Å²) in [5.41, 5.74) is 2.47. The number of fused-ring (bicyclic) bond motifs is 2. The highest BCUT2D eigenvalue weighted by atomic mass is 35.5. The number of rotatable bonds is 6. The van der Waals surface area contributed by atoms with E-state index < -0.39 is 23.5 Å². The van der Waals surface area contributed by atoms with Crippen LogP contribution in [0.1, 0.15) is 34.6 Å². The molecule has 196 valence electrons. The van der Waals surface area contributed by atoms with Crippen molar-refractivity contribution < 1.29 is 29.0 Å². The maximum atomic E-state index is 13.9. The van der Waals surface area contributed by atoms with Crippen LogP contribution in [0.2, 0.25) is 5.02 Å². The van der Waals surface area contributed by atoms with Crippen molar-refractivity contribution in [2.45, 2.75) is 19.4 Å². The molecule has 5 aromatic rings. The lowest BCUT2D eigenvalue weighted by Crippen LogP contribution is -2.30. The Morgan fingerprint density at radius 3 is 2.62 bits per heavy atom. The first-order valence-electron chi connectivity index (χ1n) is 12.1. The predicted octanol–water partition coefficient (Wildman–Crippen LogP) is 6.76. The van der Waals surface area contributed by atoms with Gasteiger partial charge in [-0.15, -0.1) is 0 Å². The molecule has 39 heavy (non-hydrogen) atoms. The van der Waals surface area contributed by atoms with Gasteiger partial charge in [-0.05, 0) is 53.9 Å². The van der Waals surface area contributed by atoms with Crippen molar-refractivity contribution in [2.75, 3.05) is 12.0 Å². The van der Waals surface area contributed by atoms with Gasteiger partial charge < -0.3 is 19.4 Å². The number of thiazole rings is 1. The number of ether oxygens (including phenoxy) is 1. The molecule has 2 N–H and O–H groups in total. The number of benzene rings is 3. The highest BCUT2D eigenvalue weighted by Gasteiger charge is 2.46. The topological polar surface area (TPSA) is 113 Å². The van der Waals surface area contributed by atoms with Gasteiger partial charge >= 0.3 is 0 Å². The van der Waals surface area contributed by atoms with Crippen molar-refractivity contribution in [1.29, 1.82) is 0 Å². The van der Waals surface area contributed by atoms with Gasteiger partial charge in [-0.2, -0.15) is 0 Å². The predicted molar refractivity (Wildman–Crippen MR) is 149 cm³/mol. The van der Waals surface area contributed by atoms with Gasteiger partial charge in [-0.25, -0.2) is 4.98 Å². The van der Waals surface area contributed by atoms with Gasteiger partial charge in [0.25, 0.3) is 5.91 Å².